The van der Waals surface area contributed by atoms with E-state index in [4.69, 9.17) is 10.5 Å². The van der Waals surface area contributed by atoms with Crippen LogP contribution in [0.3, 0.4) is 0 Å². The van der Waals surface area contributed by atoms with Gasteiger partial charge in [-0.05, 0) is 37.1 Å². The van der Waals surface area contributed by atoms with Crippen LogP contribution in [-0.4, -0.2) is 31.1 Å². The minimum atomic E-state index is 0.309. The lowest BCUT2D eigenvalue weighted by Crippen LogP contribution is -2.40. The summed E-state index contributed by atoms with van der Waals surface area (Å²) in [6, 6.07) is 9.34. The van der Waals surface area contributed by atoms with Crippen LogP contribution >= 0.6 is 0 Å². The van der Waals surface area contributed by atoms with Gasteiger partial charge >= 0.3 is 0 Å². The molecule has 3 heteroatoms. The summed E-state index contributed by atoms with van der Waals surface area (Å²) >= 11 is 0. The molecule has 0 saturated heterocycles. The number of likely N-dealkylation sites (N-methyl/N-ethyl adjacent to an activating group) is 1. The first-order valence-electron chi connectivity index (χ1n) is 7.40. The first-order valence-corrected chi connectivity index (χ1v) is 7.40. The van der Waals surface area contributed by atoms with E-state index in [0.717, 1.165) is 12.3 Å². The van der Waals surface area contributed by atoms with Crippen LogP contribution in [0.2, 0.25) is 0 Å². The molecule has 1 aromatic rings. The average molecular weight is 262 g/mol. The molecule has 0 spiro atoms. The normalized spacial score (nSPS) is 17.9. The van der Waals surface area contributed by atoms with Crippen molar-refractivity contribution in [3.05, 3.63) is 29.8 Å². The third-order valence-electron chi connectivity index (χ3n) is 4.26. The van der Waals surface area contributed by atoms with E-state index in [1.54, 1.807) is 7.11 Å². The van der Waals surface area contributed by atoms with Crippen molar-refractivity contribution in [3.63, 3.8) is 0 Å². The zero-order valence-electron chi connectivity index (χ0n) is 12.1. The van der Waals surface area contributed by atoms with Gasteiger partial charge in [0.15, 0.2) is 0 Å². The lowest BCUT2D eigenvalue weighted by Gasteiger charge is -2.35. The first kappa shape index (κ1) is 14.4. The quantitative estimate of drug-likeness (QED) is 0.856. The molecular weight excluding hydrogens is 236 g/mol. The number of nitrogens with zero attached hydrogens (tertiary/aromatic N) is 1. The van der Waals surface area contributed by atoms with Gasteiger partial charge in [-0.1, -0.05) is 31.9 Å². The molecule has 106 valence electrons. The molecule has 2 rings (SSSR count). The highest BCUT2D eigenvalue weighted by Crippen LogP contribution is 2.31. The van der Waals surface area contributed by atoms with Crippen molar-refractivity contribution in [3.8, 4) is 5.75 Å². The number of methoxy groups -OCH3 is 1. The van der Waals surface area contributed by atoms with Crippen molar-refractivity contribution < 1.29 is 4.74 Å². The molecule has 3 nitrogen and oxygen atoms in total. The molecule has 0 aromatic heterocycles. The highest BCUT2D eigenvalue weighted by atomic mass is 16.5. The van der Waals surface area contributed by atoms with Gasteiger partial charge in [-0.25, -0.2) is 0 Å². The second kappa shape index (κ2) is 6.92. The molecule has 1 unspecified atom stereocenters. The molecule has 1 fully saturated rings. The Morgan fingerprint density at radius 1 is 1.37 bits per heavy atom. The SMILES string of the molecule is CCN(C1CCCC1)C(CN)c1cccc(OC)c1. The fourth-order valence-electron chi connectivity index (χ4n) is 3.28. The van der Waals surface area contributed by atoms with E-state index in [2.05, 4.69) is 30.0 Å². The van der Waals surface area contributed by atoms with E-state index in [1.165, 1.54) is 31.2 Å². The third-order valence-corrected chi connectivity index (χ3v) is 4.26. The van der Waals surface area contributed by atoms with Crippen LogP contribution < -0.4 is 10.5 Å². The number of hydrogen-bond donors (Lipinski definition) is 1. The van der Waals surface area contributed by atoms with E-state index in [-0.39, 0.29) is 0 Å². The summed E-state index contributed by atoms with van der Waals surface area (Å²) < 4.78 is 5.33. The minimum absolute atomic E-state index is 0.309. The zero-order valence-corrected chi connectivity index (χ0v) is 12.1. The number of ether oxygens (including phenoxy) is 1. The van der Waals surface area contributed by atoms with Crippen molar-refractivity contribution in [1.82, 2.24) is 4.90 Å². The largest absolute Gasteiger partial charge is 0.497 e. The molecule has 1 saturated carbocycles. The minimum Gasteiger partial charge on any atom is -0.497 e. The summed E-state index contributed by atoms with van der Waals surface area (Å²) in [7, 11) is 1.71. The van der Waals surface area contributed by atoms with Crippen LogP contribution in [0.25, 0.3) is 0 Å². The van der Waals surface area contributed by atoms with Crippen LogP contribution in [0.1, 0.15) is 44.2 Å². The van der Waals surface area contributed by atoms with Crippen molar-refractivity contribution in [2.45, 2.75) is 44.7 Å². The number of benzene rings is 1. The van der Waals surface area contributed by atoms with E-state index >= 15 is 0 Å². The summed E-state index contributed by atoms with van der Waals surface area (Å²) in [5.74, 6) is 0.915. The molecule has 0 amide bonds. The van der Waals surface area contributed by atoms with Gasteiger partial charge < -0.3 is 10.5 Å². The molecule has 0 aliphatic heterocycles. The van der Waals surface area contributed by atoms with Gasteiger partial charge in [-0.15, -0.1) is 0 Å². The van der Waals surface area contributed by atoms with Crippen molar-refractivity contribution >= 4 is 0 Å². The fraction of sp³-hybridized carbons (Fsp3) is 0.625. The Bertz CT molecular complexity index is 388. The van der Waals surface area contributed by atoms with Gasteiger partial charge in [0.05, 0.1) is 7.11 Å². The molecule has 0 bridgehead atoms. The lowest BCUT2D eigenvalue weighted by atomic mass is 10.0. The predicted octanol–water partition coefficient (Wildman–Crippen LogP) is 2.96. The molecule has 1 atom stereocenters. The number of rotatable bonds is 6. The Kier molecular flexibility index (Phi) is 5.23. The summed E-state index contributed by atoms with van der Waals surface area (Å²) in [6.07, 6.45) is 5.34. The Morgan fingerprint density at radius 2 is 2.11 bits per heavy atom. The van der Waals surface area contributed by atoms with E-state index in [1.807, 2.05) is 6.07 Å². The second-order valence-corrected chi connectivity index (χ2v) is 5.30. The highest BCUT2D eigenvalue weighted by molar-refractivity contribution is 5.31. The number of nitrogens with two attached hydrogens (primary N) is 1. The summed E-state index contributed by atoms with van der Waals surface area (Å²) in [5, 5.41) is 0. The lowest BCUT2D eigenvalue weighted by molar-refractivity contribution is 0.147. The van der Waals surface area contributed by atoms with E-state index < -0.39 is 0 Å². The molecular formula is C16H26N2O. The van der Waals surface area contributed by atoms with Crippen molar-refractivity contribution in [2.75, 3.05) is 20.2 Å². The van der Waals surface area contributed by atoms with E-state index in [9.17, 15) is 0 Å². The molecule has 1 aromatic carbocycles. The Balaban J connectivity index is 2.20. The summed E-state index contributed by atoms with van der Waals surface area (Å²) in [6.45, 7) is 3.96. The van der Waals surface area contributed by atoms with Crippen molar-refractivity contribution in [1.29, 1.82) is 0 Å². The van der Waals surface area contributed by atoms with Gasteiger partial charge in [-0.3, -0.25) is 4.90 Å². The highest BCUT2D eigenvalue weighted by Gasteiger charge is 2.27. The maximum atomic E-state index is 6.06. The van der Waals surface area contributed by atoms with Gasteiger partial charge in [0.1, 0.15) is 5.75 Å². The first-order chi connectivity index (χ1) is 9.30. The van der Waals surface area contributed by atoms with Crippen molar-refractivity contribution in [2.24, 2.45) is 5.73 Å². The van der Waals surface area contributed by atoms with E-state index in [0.29, 0.717) is 18.6 Å². The standard InChI is InChI=1S/C16H26N2O/c1-3-18(14-8-4-5-9-14)16(12-17)13-7-6-10-15(11-13)19-2/h6-7,10-11,14,16H,3-5,8-9,12,17H2,1-2H3. The fourth-order valence-corrected chi connectivity index (χ4v) is 3.28. The Labute approximate surface area is 116 Å². The summed E-state index contributed by atoms with van der Waals surface area (Å²) in [5.41, 5.74) is 7.33. The van der Waals surface area contributed by atoms with Crippen LogP contribution in [-0.2, 0) is 0 Å². The molecule has 1 aliphatic rings. The topological polar surface area (TPSA) is 38.5 Å². The number of hydrogen-bond acceptors (Lipinski definition) is 3. The third kappa shape index (κ3) is 3.28. The second-order valence-electron chi connectivity index (χ2n) is 5.30. The monoisotopic (exact) mass is 262 g/mol. The van der Waals surface area contributed by atoms with Crippen LogP contribution in [0, 0.1) is 0 Å². The Hall–Kier alpha value is -1.06. The van der Waals surface area contributed by atoms with Gasteiger partial charge in [0, 0.05) is 18.6 Å². The van der Waals surface area contributed by atoms with Crippen LogP contribution in [0.15, 0.2) is 24.3 Å². The maximum Gasteiger partial charge on any atom is 0.119 e. The van der Waals surface area contributed by atoms with Crippen LogP contribution in [0.5, 0.6) is 5.75 Å². The Morgan fingerprint density at radius 3 is 2.68 bits per heavy atom. The maximum absolute atomic E-state index is 6.06. The molecule has 0 radical (unpaired) electrons. The molecule has 0 heterocycles. The predicted molar refractivity (Wildman–Crippen MR) is 79.4 cm³/mol. The molecule has 19 heavy (non-hydrogen) atoms. The zero-order chi connectivity index (χ0) is 13.7. The average Bonchev–Trinajstić information content (AvgIpc) is 2.98. The molecule has 2 N–H and O–H groups in total. The van der Waals surface area contributed by atoms with Crippen LogP contribution in [0.4, 0.5) is 0 Å². The smallest absolute Gasteiger partial charge is 0.119 e. The molecule has 1 aliphatic carbocycles. The van der Waals surface area contributed by atoms with Gasteiger partial charge in [-0.2, -0.15) is 0 Å². The summed E-state index contributed by atoms with van der Waals surface area (Å²) in [4.78, 5) is 2.57. The van der Waals surface area contributed by atoms with Gasteiger partial charge in [0.2, 0.25) is 0 Å². The van der Waals surface area contributed by atoms with Gasteiger partial charge in [0.25, 0.3) is 0 Å².